The van der Waals surface area contributed by atoms with Gasteiger partial charge in [-0.15, -0.1) is 0 Å². The number of ether oxygens (including phenoxy) is 2. The molecule has 0 spiro atoms. The molecule has 1 aliphatic heterocycles. The first kappa shape index (κ1) is 24.7. The van der Waals surface area contributed by atoms with E-state index in [-0.39, 0.29) is 23.2 Å². The molecule has 0 bridgehead atoms. The van der Waals surface area contributed by atoms with Gasteiger partial charge in [-0.25, -0.2) is 23.5 Å². The van der Waals surface area contributed by atoms with E-state index in [2.05, 4.69) is 31.6 Å². The van der Waals surface area contributed by atoms with E-state index in [1.165, 1.54) is 6.07 Å². The Hall–Kier alpha value is -3.95. The summed E-state index contributed by atoms with van der Waals surface area (Å²) in [5.41, 5.74) is 1.15. The summed E-state index contributed by atoms with van der Waals surface area (Å²) in [6.45, 7) is 0.775. The standard InChI is InChI=1S/C27H29F2N5O3/c1-36-22-7-4-17(14-23(22)37-2)27-9-8-19(33-26(35)32-18-5-6-20(28)21(29)15-18)16-24(27)34(13-10-27)25-30-11-3-12-31-25/h3-7,11-12,14-15,19,24H,8-10,13,16H2,1-2H3,(H2,32,33,35). The van der Waals surface area contributed by atoms with Crippen LogP contribution in [0.1, 0.15) is 31.2 Å². The smallest absolute Gasteiger partial charge is 0.319 e. The molecule has 1 aromatic heterocycles. The van der Waals surface area contributed by atoms with E-state index >= 15 is 0 Å². The Bertz CT molecular complexity index is 1280. The van der Waals surface area contributed by atoms with Gasteiger partial charge in [0.1, 0.15) is 0 Å². The van der Waals surface area contributed by atoms with E-state index in [1.807, 2.05) is 12.1 Å². The summed E-state index contributed by atoms with van der Waals surface area (Å²) in [5, 5.41) is 5.62. The molecule has 2 aliphatic rings. The second kappa shape index (κ2) is 10.2. The van der Waals surface area contributed by atoms with Crippen LogP contribution in [0.3, 0.4) is 0 Å². The summed E-state index contributed by atoms with van der Waals surface area (Å²) in [7, 11) is 3.24. The van der Waals surface area contributed by atoms with Gasteiger partial charge in [0, 0.05) is 48.2 Å². The van der Waals surface area contributed by atoms with Crippen molar-refractivity contribution in [2.45, 2.75) is 43.2 Å². The van der Waals surface area contributed by atoms with Crippen molar-refractivity contribution in [3.8, 4) is 11.5 Å². The number of carbonyl (C=O) groups excluding carboxylic acids is 1. The van der Waals surface area contributed by atoms with Crippen LogP contribution in [0.25, 0.3) is 0 Å². The van der Waals surface area contributed by atoms with E-state index in [9.17, 15) is 13.6 Å². The number of fused-ring (bicyclic) bond motifs is 1. The molecule has 5 rings (SSSR count). The number of nitrogens with zero attached hydrogens (tertiary/aromatic N) is 3. The second-order valence-electron chi connectivity index (χ2n) is 9.43. The van der Waals surface area contributed by atoms with Crippen LogP contribution in [-0.4, -0.2) is 48.8 Å². The van der Waals surface area contributed by atoms with E-state index in [0.29, 0.717) is 23.9 Å². The van der Waals surface area contributed by atoms with Gasteiger partial charge in [0.2, 0.25) is 5.95 Å². The molecule has 1 aliphatic carbocycles. The minimum absolute atomic E-state index is 0.0234. The van der Waals surface area contributed by atoms with E-state index < -0.39 is 17.7 Å². The third-order valence-corrected chi connectivity index (χ3v) is 7.54. The number of hydrogen-bond acceptors (Lipinski definition) is 6. The highest BCUT2D eigenvalue weighted by Gasteiger charge is 2.52. The Morgan fingerprint density at radius 1 is 1.03 bits per heavy atom. The van der Waals surface area contributed by atoms with Crippen molar-refractivity contribution in [2.24, 2.45) is 0 Å². The quantitative estimate of drug-likeness (QED) is 0.503. The van der Waals surface area contributed by atoms with Crippen LogP contribution in [0, 0.1) is 11.6 Å². The zero-order chi connectivity index (χ0) is 26.0. The summed E-state index contributed by atoms with van der Waals surface area (Å²) in [6, 6.07) is 10.6. The molecule has 1 saturated heterocycles. The summed E-state index contributed by atoms with van der Waals surface area (Å²) in [6.07, 6.45) is 6.60. The van der Waals surface area contributed by atoms with Gasteiger partial charge >= 0.3 is 6.03 Å². The fraction of sp³-hybridized carbons (Fsp3) is 0.370. The lowest BCUT2D eigenvalue weighted by Gasteiger charge is -2.45. The van der Waals surface area contributed by atoms with Crippen LogP contribution < -0.4 is 25.0 Å². The maximum absolute atomic E-state index is 13.6. The molecule has 3 atom stereocenters. The molecule has 2 heterocycles. The molecule has 2 fully saturated rings. The first-order valence-electron chi connectivity index (χ1n) is 12.2. The SMILES string of the molecule is COc1ccc(C23CCC(NC(=O)Nc4ccc(F)c(F)c4)CC2N(c2ncccn2)CC3)cc1OC. The fourth-order valence-corrected chi connectivity index (χ4v) is 5.77. The Balaban J connectivity index is 1.40. The topological polar surface area (TPSA) is 88.6 Å². The zero-order valence-electron chi connectivity index (χ0n) is 20.7. The first-order valence-corrected chi connectivity index (χ1v) is 12.2. The third-order valence-electron chi connectivity index (χ3n) is 7.54. The molecule has 37 heavy (non-hydrogen) atoms. The maximum Gasteiger partial charge on any atom is 0.319 e. The van der Waals surface area contributed by atoms with Crippen LogP contribution in [0.5, 0.6) is 11.5 Å². The largest absolute Gasteiger partial charge is 0.493 e. The van der Waals surface area contributed by atoms with Crippen LogP contribution in [0.15, 0.2) is 54.9 Å². The van der Waals surface area contributed by atoms with Crippen LogP contribution in [0.4, 0.5) is 25.2 Å². The van der Waals surface area contributed by atoms with Gasteiger partial charge in [-0.1, -0.05) is 6.07 Å². The van der Waals surface area contributed by atoms with Crippen molar-refractivity contribution in [2.75, 3.05) is 31.0 Å². The molecule has 2 amide bonds. The summed E-state index contributed by atoms with van der Waals surface area (Å²) in [4.78, 5) is 23.9. The number of amides is 2. The molecule has 194 valence electrons. The van der Waals surface area contributed by atoms with Crippen molar-refractivity contribution < 1.29 is 23.0 Å². The summed E-state index contributed by atoms with van der Waals surface area (Å²) >= 11 is 0. The van der Waals surface area contributed by atoms with E-state index in [4.69, 9.17) is 9.47 Å². The number of carbonyl (C=O) groups is 1. The Kier molecular flexibility index (Phi) is 6.82. The van der Waals surface area contributed by atoms with Gasteiger partial charge in [0.25, 0.3) is 0 Å². The fourth-order valence-electron chi connectivity index (χ4n) is 5.77. The highest BCUT2D eigenvalue weighted by atomic mass is 19.2. The van der Waals surface area contributed by atoms with Crippen molar-refractivity contribution in [3.05, 3.63) is 72.1 Å². The lowest BCUT2D eigenvalue weighted by molar-refractivity contribution is 0.219. The van der Waals surface area contributed by atoms with Crippen molar-refractivity contribution in [1.82, 2.24) is 15.3 Å². The van der Waals surface area contributed by atoms with Crippen LogP contribution in [0.2, 0.25) is 0 Å². The predicted molar refractivity (Wildman–Crippen MR) is 135 cm³/mol. The molecule has 3 unspecified atom stereocenters. The molecular formula is C27H29F2N5O3. The van der Waals surface area contributed by atoms with Crippen LogP contribution >= 0.6 is 0 Å². The minimum Gasteiger partial charge on any atom is -0.493 e. The number of aromatic nitrogens is 2. The molecule has 10 heteroatoms. The van der Waals surface area contributed by atoms with Gasteiger partial charge in [0.15, 0.2) is 23.1 Å². The highest BCUT2D eigenvalue weighted by Crippen LogP contribution is 2.51. The number of urea groups is 1. The van der Waals surface area contributed by atoms with Crippen molar-refractivity contribution >= 4 is 17.7 Å². The molecule has 0 radical (unpaired) electrons. The summed E-state index contributed by atoms with van der Waals surface area (Å²) < 4.78 is 37.8. The number of hydrogen-bond donors (Lipinski definition) is 2. The van der Waals surface area contributed by atoms with Gasteiger partial charge in [0.05, 0.1) is 14.2 Å². The summed E-state index contributed by atoms with van der Waals surface area (Å²) in [5.74, 6) is 0.0222. The second-order valence-corrected chi connectivity index (χ2v) is 9.43. The first-order chi connectivity index (χ1) is 17.9. The average molecular weight is 510 g/mol. The Morgan fingerprint density at radius 3 is 2.54 bits per heavy atom. The monoisotopic (exact) mass is 509 g/mol. The normalized spacial score (nSPS) is 22.8. The Morgan fingerprint density at radius 2 is 1.81 bits per heavy atom. The van der Waals surface area contributed by atoms with Gasteiger partial charge in [-0.2, -0.15) is 0 Å². The number of halogens is 2. The van der Waals surface area contributed by atoms with Gasteiger partial charge in [-0.3, -0.25) is 0 Å². The van der Waals surface area contributed by atoms with Crippen LogP contribution in [-0.2, 0) is 5.41 Å². The van der Waals surface area contributed by atoms with Crippen molar-refractivity contribution in [3.63, 3.8) is 0 Å². The predicted octanol–water partition coefficient (Wildman–Crippen LogP) is 4.66. The molecule has 3 aromatic rings. The zero-order valence-corrected chi connectivity index (χ0v) is 20.7. The maximum atomic E-state index is 13.6. The molecule has 2 aromatic carbocycles. The highest BCUT2D eigenvalue weighted by molar-refractivity contribution is 5.89. The number of methoxy groups -OCH3 is 2. The van der Waals surface area contributed by atoms with E-state index in [0.717, 1.165) is 43.5 Å². The number of nitrogens with one attached hydrogen (secondary N) is 2. The average Bonchev–Trinajstić information content (AvgIpc) is 3.30. The number of anilines is 2. The van der Waals surface area contributed by atoms with Gasteiger partial charge in [-0.05, 0) is 61.6 Å². The molecule has 2 N–H and O–H groups in total. The minimum atomic E-state index is -1.01. The molecular weight excluding hydrogens is 480 g/mol. The molecule has 8 nitrogen and oxygen atoms in total. The lowest BCUT2D eigenvalue weighted by Crippen LogP contribution is -2.53. The molecule has 1 saturated carbocycles. The third kappa shape index (κ3) is 4.75. The number of rotatable bonds is 6. The van der Waals surface area contributed by atoms with E-state index in [1.54, 1.807) is 32.7 Å². The van der Waals surface area contributed by atoms with Gasteiger partial charge < -0.3 is 25.0 Å². The Labute approximate surface area is 214 Å². The van der Waals surface area contributed by atoms with Crippen molar-refractivity contribution in [1.29, 1.82) is 0 Å². The lowest BCUT2D eigenvalue weighted by atomic mass is 9.65. The number of benzene rings is 2.